The second-order valence-electron chi connectivity index (χ2n) is 6.68. The van der Waals surface area contributed by atoms with Crippen molar-refractivity contribution in [1.82, 2.24) is 10.2 Å². The van der Waals surface area contributed by atoms with Crippen LogP contribution < -0.4 is 10.1 Å². The number of benzene rings is 2. The van der Waals surface area contributed by atoms with Gasteiger partial charge in [-0.15, -0.1) is 0 Å². The lowest BCUT2D eigenvalue weighted by molar-refractivity contribution is 0.0737. The molecule has 0 spiro atoms. The fourth-order valence-electron chi connectivity index (χ4n) is 3.28. The molecule has 2 N–H and O–H groups in total. The molecule has 1 aliphatic rings. The molecule has 1 aliphatic heterocycles. The number of piperidine rings is 1. The molecule has 3 rings (SSSR count). The van der Waals surface area contributed by atoms with Gasteiger partial charge in [0, 0.05) is 19.0 Å². The predicted octanol–water partition coefficient (Wildman–Crippen LogP) is 3.02. The monoisotopic (exact) mass is 342 g/mol. The Labute approximate surface area is 148 Å². The van der Waals surface area contributed by atoms with Gasteiger partial charge in [-0.2, -0.15) is 0 Å². The van der Waals surface area contributed by atoms with E-state index in [2.05, 4.69) is 17.4 Å². The van der Waals surface area contributed by atoms with Crippen LogP contribution >= 0.6 is 0 Å². The Morgan fingerprint density at radius 1 is 1.32 bits per heavy atom. The van der Waals surface area contributed by atoms with Crippen LogP contribution in [0, 0.1) is 5.92 Å². The second kappa shape index (κ2) is 8.21. The Bertz CT molecular complexity index is 717. The largest absolute Gasteiger partial charge is 0.492 e. The zero-order valence-electron chi connectivity index (χ0n) is 14.6. The van der Waals surface area contributed by atoms with E-state index in [-0.39, 0.29) is 18.1 Å². The molecule has 25 heavy (non-hydrogen) atoms. The van der Waals surface area contributed by atoms with Gasteiger partial charge in [-0.25, -0.2) is 4.79 Å². The lowest BCUT2D eigenvalue weighted by Crippen LogP contribution is -2.48. The number of rotatable bonds is 5. The van der Waals surface area contributed by atoms with Crippen molar-refractivity contribution < 1.29 is 14.6 Å². The summed E-state index contributed by atoms with van der Waals surface area (Å²) >= 11 is 0. The van der Waals surface area contributed by atoms with E-state index in [1.54, 1.807) is 11.8 Å². The third-order valence-electron chi connectivity index (χ3n) is 4.80. The highest BCUT2D eigenvalue weighted by molar-refractivity contribution is 5.83. The summed E-state index contributed by atoms with van der Waals surface area (Å²) < 4.78 is 5.74. The van der Waals surface area contributed by atoms with Gasteiger partial charge in [0.25, 0.3) is 0 Å². The van der Waals surface area contributed by atoms with Gasteiger partial charge >= 0.3 is 6.03 Å². The number of urea groups is 1. The fourth-order valence-corrected chi connectivity index (χ4v) is 3.28. The summed E-state index contributed by atoms with van der Waals surface area (Å²) in [4.78, 5) is 14.0. The highest BCUT2D eigenvalue weighted by atomic mass is 16.5. The third-order valence-corrected chi connectivity index (χ3v) is 4.80. The summed E-state index contributed by atoms with van der Waals surface area (Å²) in [6.45, 7) is 4.05. The molecule has 5 heteroatoms. The molecule has 1 saturated heterocycles. The average molecular weight is 342 g/mol. The number of aliphatic hydroxyl groups is 1. The number of ether oxygens (including phenoxy) is 1. The number of likely N-dealkylation sites (tertiary alicyclic amines) is 1. The minimum absolute atomic E-state index is 0.0764. The first kappa shape index (κ1) is 17.5. The SMILES string of the molecule is CC(O)C1CCCN(C(=O)NCCOc2ccc3ccccc3c2)C1. The number of carbonyl (C=O) groups excluding carboxylic acids is 1. The summed E-state index contributed by atoms with van der Waals surface area (Å²) in [6.07, 6.45) is 1.55. The number of fused-ring (bicyclic) bond motifs is 1. The van der Waals surface area contributed by atoms with Gasteiger partial charge < -0.3 is 20.1 Å². The summed E-state index contributed by atoms with van der Waals surface area (Å²) in [5.74, 6) is 0.980. The molecule has 134 valence electrons. The first-order valence-electron chi connectivity index (χ1n) is 8.96. The smallest absolute Gasteiger partial charge is 0.317 e. The third kappa shape index (κ3) is 4.63. The van der Waals surface area contributed by atoms with Gasteiger partial charge in [-0.1, -0.05) is 30.3 Å². The molecule has 0 radical (unpaired) electrons. The van der Waals surface area contributed by atoms with E-state index in [4.69, 9.17) is 4.74 Å². The van der Waals surface area contributed by atoms with Crippen LogP contribution in [-0.2, 0) is 0 Å². The fraction of sp³-hybridized carbons (Fsp3) is 0.450. The normalized spacial score (nSPS) is 18.8. The highest BCUT2D eigenvalue weighted by Crippen LogP contribution is 2.21. The molecular formula is C20H26N2O3. The minimum Gasteiger partial charge on any atom is -0.492 e. The second-order valence-corrected chi connectivity index (χ2v) is 6.68. The van der Waals surface area contributed by atoms with E-state index < -0.39 is 0 Å². The van der Waals surface area contributed by atoms with Gasteiger partial charge in [0.1, 0.15) is 12.4 Å². The summed E-state index contributed by atoms with van der Waals surface area (Å²) in [7, 11) is 0. The zero-order chi connectivity index (χ0) is 17.6. The summed E-state index contributed by atoms with van der Waals surface area (Å²) in [5, 5.41) is 14.9. The standard InChI is InChI=1S/C20H26N2O3/c1-15(23)18-7-4-11-22(14-18)20(24)21-10-12-25-19-9-8-16-5-2-3-6-17(16)13-19/h2-3,5-6,8-9,13,15,18,23H,4,7,10-12,14H2,1H3,(H,21,24). The van der Waals surface area contributed by atoms with Crippen molar-refractivity contribution in [3.05, 3.63) is 42.5 Å². The van der Waals surface area contributed by atoms with Gasteiger partial charge in [0.15, 0.2) is 0 Å². The Hall–Kier alpha value is -2.27. The van der Waals surface area contributed by atoms with Crippen LogP contribution in [0.5, 0.6) is 5.75 Å². The van der Waals surface area contributed by atoms with Crippen molar-refractivity contribution in [2.75, 3.05) is 26.2 Å². The van der Waals surface area contributed by atoms with E-state index in [1.807, 2.05) is 30.3 Å². The van der Waals surface area contributed by atoms with E-state index in [9.17, 15) is 9.90 Å². The van der Waals surface area contributed by atoms with E-state index >= 15 is 0 Å². The molecule has 2 aromatic rings. The van der Waals surface area contributed by atoms with Crippen molar-refractivity contribution in [1.29, 1.82) is 0 Å². The number of amides is 2. The maximum atomic E-state index is 12.2. The van der Waals surface area contributed by atoms with E-state index in [1.165, 1.54) is 5.39 Å². The van der Waals surface area contributed by atoms with Crippen LogP contribution in [0.25, 0.3) is 10.8 Å². The van der Waals surface area contributed by atoms with Crippen LogP contribution in [0.3, 0.4) is 0 Å². The topological polar surface area (TPSA) is 61.8 Å². The Kier molecular flexibility index (Phi) is 5.76. The molecule has 1 heterocycles. The number of aliphatic hydroxyl groups excluding tert-OH is 1. The molecule has 5 nitrogen and oxygen atoms in total. The van der Waals surface area contributed by atoms with Crippen molar-refractivity contribution in [3.8, 4) is 5.75 Å². The highest BCUT2D eigenvalue weighted by Gasteiger charge is 2.26. The van der Waals surface area contributed by atoms with Crippen LogP contribution in [0.4, 0.5) is 4.79 Å². The molecule has 0 saturated carbocycles. The first-order chi connectivity index (χ1) is 12.1. The quantitative estimate of drug-likeness (QED) is 0.821. The van der Waals surface area contributed by atoms with Crippen molar-refractivity contribution in [2.45, 2.75) is 25.9 Å². The lowest BCUT2D eigenvalue weighted by atomic mass is 9.94. The zero-order valence-corrected chi connectivity index (χ0v) is 14.6. The maximum absolute atomic E-state index is 12.2. The number of hydrogen-bond donors (Lipinski definition) is 2. The molecular weight excluding hydrogens is 316 g/mol. The molecule has 2 amide bonds. The summed E-state index contributed by atoms with van der Waals surface area (Å²) in [5.41, 5.74) is 0. The van der Waals surface area contributed by atoms with Crippen LogP contribution in [0.2, 0.25) is 0 Å². The molecule has 0 bridgehead atoms. The van der Waals surface area contributed by atoms with Crippen LogP contribution in [-0.4, -0.2) is 48.4 Å². The number of hydrogen-bond acceptors (Lipinski definition) is 3. The molecule has 2 atom stereocenters. The molecule has 1 fully saturated rings. The molecule has 2 aromatic carbocycles. The predicted molar refractivity (Wildman–Crippen MR) is 98.8 cm³/mol. The van der Waals surface area contributed by atoms with Gasteiger partial charge in [0.2, 0.25) is 0 Å². The maximum Gasteiger partial charge on any atom is 0.317 e. The lowest BCUT2D eigenvalue weighted by Gasteiger charge is -2.34. The molecule has 0 aromatic heterocycles. The van der Waals surface area contributed by atoms with Crippen LogP contribution in [0.1, 0.15) is 19.8 Å². The molecule has 2 unspecified atom stereocenters. The van der Waals surface area contributed by atoms with Crippen molar-refractivity contribution >= 4 is 16.8 Å². The minimum atomic E-state index is -0.369. The Morgan fingerprint density at radius 2 is 2.12 bits per heavy atom. The number of nitrogens with zero attached hydrogens (tertiary/aromatic N) is 1. The first-order valence-corrected chi connectivity index (χ1v) is 8.96. The van der Waals surface area contributed by atoms with Crippen molar-refractivity contribution in [3.63, 3.8) is 0 Å². The average Bonchev–Trinajstić information content (AvgIpc) is 2.65. The van der Waals surface area contributed by atoms with Gasteiger partial charge in [-0.3, -0.25) is 0 Å². The van der Waals surface area contributed by atoms with Gasteiger partial charge in [-0.05, 0) is 42.7 Å². The Morgan fingerprint density at radius 3 is 2.92 bits per heavy atom. The Balaban J connectivity index is 1.43. The van der Waals surface area contributed by atoms with Crippen LogP contribution in [0.15, 0.2) is 42.5 Å². The number of carbonyl (C=O) groups is 1. The van der Waals surface area contributed by atoms with Crippen molar-refractivity contribution in [2.24, 2.45) is 5.92 Å². The van der Waals surface area contributed by atoms with E-state index in [0.29, 0.717) is 19.7 Å². The van der Waals surface area contributed by atoms with E-state index in [0.717, 1.165) is 30.5 Å². The number of nitrogens with one attached hydrogen (secondary N) is 1. The van der Waals surface area contributed by atoms with Gasteiger partial charge in [0.05, 0.1) is 12.6 Å². The molecule has 0 aliphatic carbocycles. The summed E-state index contributed by atoms with van der Waals surface area (Å²) in [6, 6.07) is 14.1.